The van der Waals surface area contributed by atoms with Crippen molar-refractivity contribution in [2.45, 2.75) is 69.4 Å². The minimum atomic E-state index is 0.257. The molecule has 34 heavy (non-hydrogen) atoms. The molecule has 3 aliphatic heterocycles. The van der Waals surface area contributed by atoms with Crippen molar-refractivity contribution in [3.8, 4) is 0 Å². The number of hydrogen-bond donors (Lipinski definition) is 1. The lowest BCUT2D eigenvalue weighted by molar-refractivity contribution is -0.120. The molecular formula is C25H34N8O. The zero-order valence-electron chi connectivity index (χ0n) is 19.8. The first-order valence-electron chi connectivity index (χ1n) is 13.3. The number of carbonyl (C=O) groups excluding carboxylic acids is 1. The second-order valence-corrected chi connectivity index (χ2v) is 12.5. The molecule has 1 N–H and O–H groups in total. The van der Waals surface area contributed by atoms with Gasteiger partial charge < -0.3 is 9.80 Å². The summed E-state index contributed by atoms with van der Waals surface area (Å²) in [5.74, 6) is 2.37. The Labute approximate surface area is 199 Å². The van der Waals surface area contributed by atoms with E-state index in [2.05, 4.69) is 40.6 Å². The minimum absolute atomic E-state index is 0.257. The molecule has 9 heteroatoms. The van der Waals surface area contributed by atoms with Crippen molar-refractivity contribution < 1.29 is 4.79 Å². The van der Waals surface area contributed by atoms with Gasteiger partial charge in [0.2, 0.25) is 0 Å². The maximum atomic E-state index is 13.0. The van der Waals surface area contributed by atoms with Gasteiger partial charge in [0, 0.05) is 74.2 Å². The van der Waals surface area contributed by atoms with Gasteiger partial charge >= 0.3 is 6.03 Å². The average Bonchev–Trinajstić information content (AvgIpc) is 3.22. The summed E-state index contributed by atoms with van der Waals surface area (Å²) >= 11 is 0. The number of aromatic amines is 1. The number of nitrogens with zero attached hydrogens (tertiary/aromatic N) is 7. The molecule has 9 nitrogen and oxygen atoms in total. The van der Waals surface area contributed by atoms with Gasteiger partial charge in [-0.1, -0.05) is 6.42 Å². The Kier molecular flexibility index (Phi) is 3.99. The fourth-order valence-corrected chi connectivity index (χ4v) is 7.21. The van der Waals surface area contributed by atoms with E-state index >= 15 is 0 Å². The van der Waals surface area contributed by atoms with Gasteiger partial charge in [-0.2, -0.15) is 10.2 Å². The second-order valence-electron chi connectivity index (χ2n) is 12.5. The van der Waals surface area contributed by atoms with Crippen LogP contribution in [0.5, 0.6) is 0 Å². The summed E-state index contributed by atoms with van der Waals surface area (Å²) in [6, 6.07) is 3.00. The van der Waals surface area contributed by atoms with Gasteiger partial charge in [-0.05, 0) is 44.6 Å². The van der Waals surface area contributed by atoms with Crippen LogP contribution < -0.4 is 0 Å². The molecule has 3 saturated heterocycles. The van der Waals surface area contributed by atoms with E-state index in [9.17, 15) is 4.79 Å². The molecule has 0 bridgehead atoms. The molecule has 6 aliphatic rings. The zero-order valence-corrected chi connectivity index (χ0v) is 19.8. The van der Waals surface area contributed by atoms with Crippen molar-refractivity contribution in [3.63, 3.8) is 0 Å². The normalized spacial score (nSPS) is 27.8. The number of carbonyl (C=O) groups is 1. The predicted octanol–water partition coefficient (Wildman–Crippen LogP) is 2.72. The van der Waals surface area contributed by atoms with Gasteiger partial charge in [-0.3, -0.25) is 10.00 Å². The van der Waals surface area contributed by atoms with Gasteiger partial charge in [0.1, 0.15) is 6.33 Å². The van der Waals surface area contributed by atoms with E-state index in [1.165, 1.54) is 43.5 Å². The molecular weight excluding hydrogens is 428 g/mol. The van der Waals surface area contributed by atoms with E-state index in [4.69, 9.17) is 5.10 Å². The number of urea groups is 1. The molecule has 2 spiro atoms. The first kappa shape index (κ1) is 19.8. The Morgan fingerprint density at radius 1 is 0.971 bits per heavy atom. The number of nitrogens with one attached hydrogen (secondary N) is 1. The third-order valence-corrected chi connectivity index (χ3v) is 9.53. The lowest BCUT2D eigenvalue weighted by atomic mass is 9.60. The van der Waals surface area contributed by atoms with Crippen LogP contribution in [0.25, 0.3) is 0 Å². The third-order valence-electron chi connectivity index (χ3n) is 9.53. The van der Waals surface area contributed by atoms with E-state index in [0.29, 0.717) is 28.7 Å². The minimum Gasteiger partial charge on any atom is -0.323 e. The lowest BCUT2D eigenvalue weighted by Gasteiger charge is -2.63. The van der Waals surface area contributed by atoms with E-state index in [0.717, 1.165) is 64.5 Å². The van der Waals surface area contributed by atoms with Crippen LogP contribution in [0.15, 0.2) is 12.4 Å². The van der Waals surface area contributed by atoms with Crippen LogP contribution in [-0.2, 0) is 6.54 Å². The van der Waals surface area contributed by atoms with Crippen LogP contribution >= 0.6 is 0 Å². The summed E-state index contributed by atoms with van der Waals surface area (Å²) in [5, 5.41) is 12.5. The highest BCUT2D eigenvalue weighted by molar-refractivity contribution is 5.77. The molecule has 0 atom stereocenters. The first-order valence-corrected chi connectivity index (χ1v) is 13.3. The molecule has 2 amide bonds. The third kappa shape index (κ3) is 3.08. The van der Waals surface area contributed by atoms with Crippen molar-refractivity contribution in [1.29, 1.82) is 0 Å². The largest absolute Gasteiger partial charge is 0.323 e. The van der Waals surface area contributed by atoms with Crippen molar-refractivity contribution >= 4 is 6.03 Å². The highest BCUT2D eigenvalue weighted by atomic mass is 16.2. The van der Waals surface area contributed by atoms with Gasteiger partial charge in [0.25, 0.3) is 0 Å². The standard InChI is InChI=1S/C25H34N8O/c34-23(31-12-24(13-31)7-20(8-24)33-16-26-22(29-33)18-4-5-18)32-14-25(15-32)10-30(11-25)9-19-6-21(28-27-19)17-2-1-3-17/h6,16-18,20H,1-5,7-15H2,(H,27,28). The molecule has 180 valence electrons. The molecule has 0 aromatic carbocycles. The average molecular weight is 463 g/mol. The van der Waals surface area contributed by atoms with Crippen molar-refractivity contribution in [1.82, 2.24) is 39.7 Å². The lowest BCUT2D eigenvalue weighted by Crippen LogP contribution is -2.75. The van der Waals surface area contributed by atoms with E-state index in [-0.39, 0.29) is 6.03 Å². The summed E-state index contributed by atoms with van der Waals surface area (Å²) in [4.78, 5) is 24.1. The summed E-state index contributed by atoms with van der Waals surface area (Å²) in [6.07, 6.45) is 10.7. The monoisotopic (exact) mass is 462 g/mol. The molecule has 3 saturated carbocycles. The van der Waals surface area contributed by atoms with Crippen LogP contribution in [0.3, 0.4) is 0 Å². The van der Waals surface area contributed by atoms with Crippen molar-refractivity contribution in [3.05, 3.63) is 29.6 Å². The number of amides is 2. The molecule has 8 rings (SSSR count). The second kappa shape index (κ2) is 6.83. The molecule has 2 aromatic heterocycles. The molecule has 5 heterocycles. The predicted molar refractivity (Wildman–Crippen MR) is 124 cm³/mol. The fraction of sp³-hybridized carbons (Fsp3) is 0.760. The fourth-order valence-electron chi connectivity index (χ4n) is 7.21. The van der Waals surface area contributed by atoms with Crippen LogP contribution in [-0.4, -0.2) is 85.0 Å². The number of hydrogen-bond acceptors (Lipinski definition) is 5. The summed E-state index contributed by atoms with van der Waals surface area (Å²) in [5.41, 5.74) is 3.16. The van der Waals surface area contributed by atoms with Crippen LogP contribution in [0.4, 0.5) is 4.79 Å². The maximum absolute atomic E-state index is 13.0. The topological polar surface area (TPSA) is 86.2 Å². The van der Waals surface area contributed by atoms with Gasteiger partial charge in [0.05, 0.1) is 11.7 Å². The summed E-state index contributed by atoms with van der Waals surface area (Å²) in [6.45, 7) is 6.80. The highest BCUT2D eigenvalue weighted by Crippen LogP contribution is 2.54. The first-order chi connectivity index (χ1) is 16.6. The Morgan fingerprint density at radius 2 is 1.71 bits per heavy atom. The number of H-pyrrole nitrogens is 1. The molecule has 2 aromatic rings. The van der Waals surface area contributed by atoms with E-state index < -0.39 is 0 Å². The van der Waals surface area contributed by atoms with Crippen molar-refractivity contribution in [2.24, 2.45) is 10.8 Å². The maximum Gasteiger partial charge on any atom is 0.320 e. The Bertz CT molecular complexity index is 1100. The van der Waals surface area contributed by atoms with Gasteiger partial charge in [0.15, 0.2) is 5.82 Å². The highest BCUT2D eigenvalue weighted by Gasteiger charge is 2.58. The Hall–Kier alpha value is -2.42. The number of rotatable bonds is 5. The quantitative estimate of drug-likeness (QED) is 0.738. The van der Waals surface area contributed by atoms with E-state index in [1.54, 1.807) is 0 Å². The van der Waals surface area contributed by atoms with Gasteiger partial charge in [-0.15, -0.1) is 0 Å². The smallest absolute Gasteiger partial charge is 0.320 e. The van der Waals surface area contributed by atoms with Crippen molar-refractivity contribution in [2.75, 3.05) is 39.3 Å². The van der Waals surface area contributed by atoms with Crippen LogP contribution in [0.2, 0.25) is 0 Å². The molecule has 3 aliphatic carbocycles. The Balaban J connectivity index is 0.778. The Morgan fingerprint density at radius 3 is 2.38 bits per heavy atom. The molecule has 0 unspecified atom stereocenters. The molecule has 0 radical (unpaired) electrons. The molecule has 6 fully saturated rings. The van der Waals surface area contributed by atoms with Crippen LogP contribution in [0, 0.1) is 10.8 Å². The van der Waals surface area contributed by atoms with E-state index in [1.807, 2.05) is 6.33 Å². The SMILES string of the molecule is O=C(N1CC2(CC(n3cnc(C4CC4)n3)C2)C1)N1CC2(CN(Cc3cc(C4CCC4)[nH]n3)C2)C1. The van der Waals surface area contributed by atoms with Crippen LogP contribution in [0.1, 0.15) is 80.0 Å². The summed E-state index contributed by atoms with van der Waals surface area (Å²) < 4.78 is 2.09. The summed E-state index contributed by atoms with van der Waals surface area (Å²) in [7, 11) is 0. The number of likely N-dealkylation sites (tertiary alicyclic amines) is 3. The van der Waals surface area contributed by atoms with Gasteiger partial charge in [-0.25, -0.2) is 14.5 Å². The number of aromatic nitrogens is 5. The zero-order chi connectivity index (χ0) is 22.5.